The molecule has 1 aromatic heterocycles. The number of fused-ring (bicyclic) bond motifs is 1. The average Bonchev–Trinajstić information content (AvgIpc) is 2.78. The van der Waals surface area contributed by atoms with E-state index in [1.54, 1.807) is 9.80 Å². The van der Waals surface area contributed by atoms with Gasteiger partial charge in [0.15, 0.2) is 0 Å². The summed E-state index contributed by atoms with van der Waals surface area (Å²) < 4.78 is 69.3. The van der Waals surface area contributed by atoms with Crippen molar-refractivity contribution in [2.75, 3.05) is 42.9 Å². The highest BCUT2D eigenvalue weighted by Gasteiger charge is 2.32. The van der Waals surface area contributed by atoms with Gasteiger partial charge in [0.1, 0.15) is 11.9 Å². The summed E-state index contributed by atoms with van der Waals surface area (Å²) in [5.74, 6) is 0.477. The van der Waals surface area contributed by atoms with Gasteiger partial charge in [-0.05, 0) is 18.2 Å². The Morgan fingerprint density at radius 3 is 2.47 bits per heavy atom. The molecule has 0 aliphatic carbocycles. The quantitative estimate of drug-likeness (QED) is 0.711. The van der Waals surface area contributed by atoms with Crippen LogP contribution in [0, 0.1) is 0 Å². The molecule has 1 N–H and O–H groups in total. The van der Waals surface area contributed by atoms with Crippen LogP contribution in [0.2, 0.25) is 0 Å². The molecule has 7 nitrogen and oxygen atoms in total. The molecule has 1 fully saturated rings. The number of carbonyl (C=O) groups is 1. The smallest absolute Gasteiger partial charge is 0.419 e. The first-order valence-electron chi connectivity index (χ1n) is 9.95. The number of ether oxygens (including phenoxy) is 1. The summed E-state index contributed by atoms with van der Waals surface area (Å²) in [6.45, 7) is 1.83. The molecule has 4 rings (SSSR count). The zero-order valence-corrected chi connectivity index (χ0v) is 16.8. The Balaban J connectivity index is 1.29. The first kappa shape index (κ1) is 22.0. The van der Waals surface area contributed by atoms with Crippen LogP contribution in [0.1, 0.15) is 24.0 Å². The number of rotatable bonds is 4. The monoisotopic (exact) mass is 457 g/mol. The molecule has 1 amide bonds. The van der Waals surface area contributed by atoms with Crippen LogP contribution < -0.4 is 15.0 Å². The molecule has 0 saturated carbocycles. The van der Waals surface area contributed by atoms with Crippen LogP contribution in [-0.2, 0) is 11.0 Å². The molecule has 2 aromatic rings. The second kappa shape index (κ2) is 8.75. The van der Waals surface area contributed by atoms with Gasteiger partial charge in [0.25, 0.3) is 6.43 Å². The fourth-order valence-electron chi connectivity index (χ4n) is 3.59. The van der Waals surface area contributed by atoms with Gasteiger partial charge in [0.2, 0.25) is 11.9 Å². The molecule has 3 heterocycles. The maximum atomic E-state index is 12.8. The molecular weight excluding hydrogens is 437 g/mol. The standard InChI is InChI=1S/C20H20F5N5O2/c21-18(22)12-1-2-16-15(7-12)26-11-14(32-16)8-17(31)29-3-5-30(6-4-29)19-27-9-13(10-28-19)20(23,24)25/h1-2,7,9-10,14,18,26H,3-6,8,11H2. The van der Waals surface area contributed by atoms with Gasteiger partial charge in [-0.1, -0.05) is 0 Å². The average molecular weight is 457 g/mol. The minimum atomic E-state index is -4.49. The van der Waals surface area contributed by atoms with E-state index < -0.39 is 24.3 Å². The van der Waals surface area contributed by atoms with Crippen LogP contribution >= 0.6 is 0 Å². The van der Waals surface area contributed by atoms with Gasteiger partial charge in [-0.3, -0.25) is 4.79 Å². The molecule has 2 aliphatic heterocycles. The largest absolute Gasteiger partial charge is 0.486 e. The van der Waals surface area contributed by atoms with E-state index >= 15 is 0 Å². The third-order valence-corrected chi connectivity index (χ3v) is 5.35. The Morgan fingerprint density at radius 2 is 1.84 bits per heavy atom. The minimum absolute atomic E-state index is 0.107. The molecule has 0 spiro atoms. The van der Waals surface area contributed by atoms with Crippen molar-refractivity contribution in [2.24, 2.45) is 0 Å². The van der Waals surface area contributed by atoms with Crippen molar-refractivity contribution in [3.05, 3.63) is 41.7 Å². The van der Waals surface area contributed by atoms with Crippen molar-refractivity contribution in [1.29, 1.82) is 0 Å². The predicted octanol–water partition coefficient (Wildman–Crippen LogP) is 3.34. The number of nitrogens with zero attached hydrogens (tertiary/aromatic N) is 4. The fourth-order valence-corrected chi connectivity index (χ4v) is 3.59. The van der Waals surface area contributed by atoms with E-state index in [4.69, 9.17) is 4.74 Å². The van der Waals surface area contributed by atoms with E-state index in [-0.39, 0.29) is 23.8 Å². The van der Waals surface area contributed by atoms with Crippen molar-refractivity contribution in [3.63, 3.8) is 0 Å². The molecule has 2 aliphatic rings. The van der Waals surface area contributed by atoms with Crippen molar-refractivity contribution in [3.8, 4) is 5.75 Å². The highest BCUT2D eigenvalue weighted by Crippen LogP contribution is 2.34. The van der Waals surface area contributed by atoms with E-state index in [9.17, 15) is 26.7 Å². The van der Waals surface area contributed by atoms with E-state index in [1.807, 2.05) is 0 Å². The van der Waals surface area contributed by atoms with Crippen molar-refractivity contribution < 1.29 is 31.5 Å². The fraction of sp³-hybridized carbons (Fsp3) is 0.450. The zero-order valence-electron chi connectivity index (χ0n) is 16.8. The van der Waals surface area contributed by atoms with Crippen LogP contribution in [-0.4, -0.2) is 59.6 Å². The highest BCUT2D eigenvalue weighted by atomic mass is 19.4. The van der Waals surface area contributed by atoms with E-state index in [1.165, 1.54) is 18.2 Å². The third-order valence-electron chi connectivity index (χ3n) is 5.35. The number of hydrogen-bond acceptors (Lipinski definition) is 6. The summed E-state index contributed by atoms with van der Waals surface area (Å²) >= 11 is 0. The molecule has 0 bridgehead atoms. The Morgan fingerprint density at radius 1 is 1.16 bits per heavy atom. The Bertz CT molecular complexity index is 962. The van der Waals surface area contributed by atoms with Gasteiger partial charge in [0, 0.05) is 44.1 Å². The molecule has 1 saturated heterocycles. The molecule has 0 radical (unpaired) electrons. The normalized spacial score (nSPS) is 18.8. The maximum Gasteiger partial charge on any atom is 0.419 e. The third kappa shape index (κ3) is 4.83. The second-order valence-electron chi connectivity index (χ2n) is 7.52. The van der Waals surface area contributed by atoms with Gasteiger partial charge in [0.05, 0.1) is 24.2 Å². The lowest BCUT2D eigenvalue weighted by atomic mass is 10.1. The molecular formula is C20H20F5N5O2. The number of halogens is 5. The van der Waals surface area contributed by atoms with E-state index in [0.717, 1.165) is 12.4 Å². The van der Waals surface area contributed by atoms with Crippen LogP contribution in [0.5, 0.6) is 5.75 Å². The summed E-state index contributed by atoms with van der Waals surface area (Å²) in [4.78, 5) is 23.6. The van der Waals surface area contributed by atoms with Crippen LogP contribution in [0.25, 0.3) is 0 Å². The molecule has 32 heavy (non-hydrogen) atoms. The zero-order chi connectivity index (χ0) is 22.9. The number of nitrogens with one attached hydrogen (secondary N) is 1. The van der Waals surface area contributed by atoms with Crippen LogP contribution in [0.4, 0.5) is 33.6 Å². The van der Waals surface area contributed by atoms with Gasteiger partial charge in [-0.2, -0.15) is 13.2 Å². The molecule has 12 heteroatoms. The number of hydrogen-bond donors (Lipinski definition) is 1. The van der Waals surface area contributed by atoms with Gasteiger partial charge in [-0.15, -0.1) is 0 Å². The molecule has 1 unspecified atom stereocenters. The summed E-state index contributed by atoms with van der Waals surface area (Å²) in [6, 6.07) is 4.09. The number of alkyl halides is 5. The summed E-state index contributed by atoms with van der Waals surface area (Å²) in [6.07, 6.45) is -5.91. The maximum absolute atomic E-state index is 12.8. The number of carbonyl (C=O) groups excluding carboxylic acids is 1. The van der Waals surface area contributed by atoms with E-state index in [2.05, 4.69) is 15.3 Å². The molecule has 172 valence electrons. The minimum Gasteiger partial charge on any atom is -0.486 e. The van der Waals surface area contributed by atoms with Crippen molar-refractivity contribution in [2.45, 2.75) is 25.1 Å². The number of aromatic nitrogens is 2. The highest BCUT2D eigenvalue weighted by molar-refractivity contribution is 5.77. The first-order chi connectivity index (χ1) is 15.2. The Kier molecular flexibility index (Phi) is 6.02. The lowest BCUT2D eigenvalue weighted by Gasteiger charge is -2.36. The lowest BCUT2D eigenvalue weighted by Crippen LogP contribution is -2.50. The number of benzene rings is 1. The van der Waals surface area contributed by atoms with Crippen molar-refractivity contribution in [1.82, 2.24) is 14.9 Å². The molecule has 1 atom stereocenters. The van der Waals surface area contributed by atoms with Crippen molar-refractivity contribution >= 4 is 17.5 Å². The predicted molar refractivity (Wildman–Crippen MR) is 105 cm³/mol. The van der Waals surface area contributed by atoms with Gasteiger partial charge in [-0.25, -0.2) is 18.7 Å². The summed E-state index contributed by atoms with van der Waals surface area (Å²) in [7, 11) is 0. The lowest BCUT2D eigenvalue weighted by molar-refractivity contribution is -0.138. The van der Waals surface area contributed by atoms with Crippen LogP contribution in [0.15, 0.2) is 30.6 Å². The Hall–Kier alpha value is -3.18. The second-order valence-corrected chi connectivity index (χ2v) is 7.52. The SMILES string of the molecule is O=C(CC1CNc2cc(C(F)F)ccc2O1)N1CCN(c2ncc(C(F)(F)F)cn2)CC1. The topological polar surface area (TPSA) is 70.6 Å². The summed E-state index contributed by atoms with van der Waals surface area (Å²) in [5.41, 5.74) is -0.552. The van der Waals surface area contributed by atoms with E-state index in [0.29, 0.717) is 44.2 Å². The van der Waals surface area contributed by atoms with Gasteiger partial charge < -0.3 is 19.9 Å². The number of amides is 1. The summed E-state index contributed by atoms with van der Waals surface area (Å²) in [5, 5.41) is 3.03. The first-order valence-corrected chi connectivity index (χ1v) is 9.95. The molecule has 1 aromatic carbocycles. The van der Waals surface area contributed by atoms with Gasteiger partial charge >= 0.3 is 6.18 Å². The number of anilines is 2. The van der Waals surface area contributed by atoms with Crippen LogP contribution in [0.3, 0.4) is 0 Å². The number of piperazine rings is 1. The Labute approximate surface area is 180 Å².